The first-order valence-corrected chi connectivity index (χ1v) is 11.8. The lowest BCUT2D eigenvalue weighted by atomic mass is 9.84. The summed E-state index contributed by atoms with van der Waals surface area (Å²) in [5, 5.41) is 8.94. The maximum atomic E-state index is 13.3. The van der Waals surface area contributed by atoms with Gasteiger partial charge in [-0.25, -0.2) is 10.5 Å². The predicted octanol–water partition coefficient (Wildman–Crippen LogP) is 4.63. The van der Waals surface area contributed by atoms with Crippen LogP contribution >= 0.6 is 0 Å². The Hall–Kier alpha value is -3.94. The molecule has 7 nitrogen and oxygen atoms in total. The fourth-order valence-electron chi connectivity index (χ4n) is 4.20. The van der Waals surface area contributed by atoms with E-state index in [-0.39, 0.29) is 13.0 Å². The number of carbonyl (C=O) groups excluding carboxylic acids is 1. The predicted molar refractivity (Wildman–Crippen MR) is 139 cm³/mol. The number of aliphatic hydroxyl groups excluding tert-OH is 1. The van der Waals surface area contributed by atoms with E-state index in [2.05, 4.69) is 12.1 Å². The first kappa shape index (κ1) is 25.2. The van der Waals surface area contributed by atoms with Crippen LogP contribution in [-0.2, 0) is 14.4 Å². The molecule has 2 atom stereocenters. The summed E-state index contributed by atoms with van der Waals surface area (Å²) < 4.78 is 12.0. The van der Waals surface area contributed by atoms with E-state index in [1.165, 1.54) is 7.11 Å². The Morgan fingerprint density at radius 2 is 1.72 bits per heavy atom. The number of hydroxylamine groups is 1. The molecule has 3 aromatic rings. The molecule has 1 heterocycles. The summed E-state index contributed by atoms with van der Waals surface area (Å²) in [5.74, 6) is 0.608. The molecule has 36 heavy (non-hydrogen) atoms. The summed E-state index contributed by atoms with van der Waals surface area (Å²) >= 11 is 0. The Bertz CT molecular complexity index is 1190. The van der Waals surface area contributed by atoms with Crippen LogP contribution in [0.5, 0.6) is 5.75 Å². The number of hydrogen-bond donors (Lipinski definition) is 2. The highest BCUT2D eigenvalue weighted by atomic mass is 16.6. The molecule has 1 aliphatic heterocycles. The third-order valence-corrected chi connectivity index (χ3v) is 6.00. The number of nitrogens with one attached hydrogen (secondary N) is 1. The van der Waals surface area contributed by atoms with E-state index in [0.717, 1.165) is 16.7 Å². The third-order valence-electron chi connectivity index (χ3n) is 6.00. The Morgan fingerprint density at radius 3 is 2.36 bits per heavy atom. The average molecular weight is 487 g/mol. The number of nitrogens with zero attached hydrogens (tertiary/aromatic N) is 1. The molecule has 1 aliphatic rings. The van der Waals surface area contributed by atoms with Gasteiger partial charge in [0.25, 0.3) is 5.91 Å². The van der Waals surface area contributed by atoms with Crippen LogP contribution in [0.15, 0.2) is 96.5 Å². The van der Waals surface area contributed by atoms with E-state index in [0.29, 0.717) is 30.2 Å². The van der Waals surface area contributed by atoms with E-state index >= 15 is 0 Å². The van der Waals surface area contributed by atoms with E-state index in [4.69, 9.17) is 24.4 Å². The van der Waals surface area contributed by atoms with Crippen LogP contribution in [0, 0.1) is 0 Å². The van der Waals surface area contributed by atoms with Crippen molar-refractivity contribution in [3.8, 4) is 16.9 Å². The van der Waals surface area contributed by atoms with Gasteiger partial charge in [0.1, 0.15) is 5.75 Å². The van der Waals surface area contributed by atoms with Gasteiger partial charge in [-0.3, -0.25) is 9.63 Å². The molecule has 2 N–H and O–H groups in total. The first-order valence-electron chi connectivity index (χ1n) is 11.8. The lowest BCUT2D eigenvalue weighted by Crippen LogP contribution is -2.47. The zero-order chi connectivity index (χ0) is 25.4. The number of amides is 1. The summed E-state index contributed by atoms with van der Waals surface area (Å²) in [4.78, 5) is 23.1. The van der Waals surface area contributed by atoms with Gasteiger partial charge in [0.05, 0.1) is 13.7 Å². The molecular formula is C29H30N2O5. The molecule has 0 spiro atoms. The molecule has 186 valence electrons. The maximum absolute atomic E-state index is 13.3. The van der Waals surface area contributed by atoms with Crippen LogP contribution in [0.25, 0.3) is 11.1 Å². The number of aliphatic hydroxyl groups is 1. The normalized spacial score (nSPS) is 18.7. The Kier molecular flexibility index (Phi) is 8.15. The van der Waals surface area contributed by atoms with Crippen LogP contribution in [0.1, 0.15) is 30.1 Å². The summed E-state index contributed by atoms with van der Waals surface area (Å²) in [6.07, 6.45) is 1.78. The third kappa shape index (κ3) is 5.32. The number of carbonyl (C=O) groups is 1. The van der Waals surface area contributed by atoms with Crippen LogP contribution in [0.4, 0.5) is 0 Å². The molecule has 4 rings (SSSR count). The minimum Gasteiger partial charge on any atom is -0.494 e. The molecule has 1 amide bonds. The highest BCUT2D eigenvalue weighted by molar-refractivity contribution is 6.00. The van der Waals surface area contributed by atoms with Crippen molar-refractivity contribution in [1.82, 2.24) is 5.48 Å². The average Bonchev–Trinajstić information content (AvgIpc) is 3.31. The molecule has 0 aliphatic carbocycles. The summed E-state index contributed by atoms with van der Waals surface area (Å²) in [5.41, 5.74) is 4.84. The fourth-order valence-corrected chi connectivity index (χ4v) is 4.20. The lowest BCUT2D eigenvalue weighted by molar-refractivity contribution is -0.139. The van der Waals surface area contributed by atoms with E-state index in [1.54, 1.807) is 6.08 Å². The van der Waals surface area contributed by atoms with Crippen molar-refractivity contribution in [1.29, 1.82) is 0 Å². The molecule has 0 saturated heterocycles. The monoisotopic (exact) mass is 486 g/mol. The van der Waals surface area contributed by atoms with Crippen molar-refractivity contribution in [2.24, 2.45) is 4.99 Å². The topological polar surface area (TPSA) is 89.4 Å². The highest BCUT2D eigenvalue weighted by Crippen LogP contribution is 2.43. The fraction of sp³-hybridized carbons (Fsp3) is 0.241. The van der Waals surface area contributed by atoms with E-state index in [9.17, 15) is 4.79 Å². The van der Waals surface area contributed by atoms with Gasteiger partial charge in [-0.05, 0) is 41.0 Å². The van der Waals surface area contributed by atoms with Gasteiger partial charge < -0.3 is 14.6 Å². The standard InChI is InChI=1S/C29H30N2O5/c1-3-18-29(28(33)31-34-2)26(23-12-10-22(11-13-23)21-8-5-4-6-9-21)36-27(30-29)24-14-16-25(17-15-24)35-20-7-19-32/h3-6,8-17,26,32H,1,7,18-20H2,2H3,(H,31,33)/t26-,29-/m0/s1. The second kappa shape index (κ2) is 11.7. The van der Waals surface area contributed by atoms with Gasteiger partial charge in [0, 0.05) is 25.0 Å². The minimum absolute atomic E-state index is 0.0748. The lowest BCUT2D eigenvalue weighted by Gasteiger charge is -2.29. The molecule has 3 aromatic carbocycles. The number of ether oxygens (including phenoxy) is 2. The molecular weight excluding hydrogens is 456 g/mol. The summed E-state index contributed by atoms with van der Waals surface area (Å²) in [7, 11) is 1.39. The molecule has 0 aromatic heterocycles. The number of hydrogen-bond acceptors (Lipinski definition) is 6. The Labute approximate surface area is 211 Å². The minimum atomic E-state index is -1.29. The molecule has 0 saturated carbocycles. The van der Waals surface area contributed by atoms with Crippen LogP contribution in [0.2, 0.25) is 0 Å². The van der Waals surface area contributed by atoms with Crippen molar-refractivity contribution in [2.75, 3.05) is 20.3 Å². The Morgan fingerprint density at radius 1 is 1.06 bits per heavy atom. The zero-order valence-electron chi connectivity index (χ0n) is 20.2. The van der Waals surface area contributed by atoms with Crippen molar-refractivity contribution in [2.45, 2.75) is 24.5 Å². The van der Waals surface area contributed by atoms with Gasteiger partial charge in [-0.2, -0.15) is 0 Å². The number of benzene rings is 3. The number of rotatable bonds is 11. The van der Waals surface area contributed by atoms with Crippen LogP contribution < -0.4 is 10.2 Å². The van der Waals surface area contributed by atoms with Gasteiger partial charge in [0.2, 0.25) is 5.90 Å². The smallest absolute Gasteiger partial charge is 0.276 e. The second-order valence-corrected chi connectivity index (χ2v) is 8.41. The van der Waals surface area contributed by atoms with Crippen molar-refractivity contribution >= 4 is 11.8 Å². The maximum Gasteiger partial charge on any atom is 0.276 e. The zero-order valence-corrected chi connectivity index (χ0v) is 20.2. The molecule has 0 unspecified atom stereocenters. The quantitative estimate of drug-likeness (QED) is 0.234. The molecule has 0 fully saturated rings. The molecule has 0 radical (unpaired) electrons. The number of aliphatic imine (C=N–C) groups is 1. The van der Waals surface area contributed by atoms with Crippen LogP contribution in [0.3, 0.4) is 0 Å². The molecule has 0 bridgehead atoms. The van der Waals surface area contributed by atoms with Gasteiger partial charge >= 0.3 is 0 Å². The largest absolute Gasteiger partial charge is 0.494 e. The molecule has 7 heteroatoms. The van der Waals surface area contributed by atoms with Gasteiger partial charge in [-0.15, -0.1) is 6.58 Å². The van der Waals surface area contributed by atoms with Crippen LogP contribution in [-0.4, -0.2) is 42.8 Å². The highest BCUT2D eigenvalue weighted by Gasteiger charge is 2.52. The summed E-state index contributed by atoms with van der Waals surface area (Å²) in [6.45, 7) is 4.36. The summed E-state index contributed by atoms with van der Waals surface area (Å²) in [6, 6.07) is 25.3. The van der Waals surface area contributed by atoms with E-state index in [1.807, 2.05) is 78.9 Å². The van der Waals surface area contributed by atoms with Gasteiger partial charge in [0.15, 0.2) is 11.6 Å². The van der Waals surface area contributed by atoms with Gasteiger partial charge in [-0.1, -0.05) is 60.7 Å². The van der Waals surface area contributed by atoms with Crippen molar-refractivity contribution < 1.29 is 24.2 Å². The van der Waals surface area contributed by atoms with Crippen molar-refractivity contribution in [3.63, 3.8) is 0 Å². The van der Waals surface area contributed by atoms with Crippen molar-refractivity contribution in [3.05, 3.63) is 103 Å². The SMILES string of the molecule is C=CC[C@]1(C(=O)NOC)N=C(c2ccc(OCCCO)cc2)O[C@H]1c1ccc(-c2ccccc2)cc1. The van der Waals surface area contributed by atoms with E-state index < -0.39 is 17.6 Å². The Balaban J connectivity index is 1.67. The first-order chi connectivity index (χ1) is 17.6. The second-order valence-electron chi connectivity index (χ2n) is 8.41.